The van der Waals surface area contributed by atoms with E-state index in [2.05, 4.69) is 0 Å². The van der Waals surface area contributed by atoms with Crippen LogP contribution in [0.4, 0.5) is 0 Å². The van der Waals surface area contributed by atoms with E-state index in [1.54, 1.807) is 0 Å². The van der Waals surface area contributed by atoms with Crippen LogP contribution < -0.4 is 0 Å². The Morgan fingerprint density at radius 3 is 0.118 bits per heavy atom. The van der Waals surface area contributed by atoms with Gasteiger partial charge in [0.05, 0.1) is 0 Å². The molecule has 17 heavy (non-hydrogen) atoms. The molecule has 0 amide bonds. The van der Waals surface area contributed by atoms with E-state index in [9.17, 15) is 0 Å². The molecular formula is H16Co9O8. The second-order valence-corrected chi connectivity index (χ2v) is 0. The smallest absolute Gasteiger partial charge is 0 e. The van der Waals surface area contributed by atoms with Crippen LogP contribution in [0, 0.1) is 0 Å². The second kappa shape index (κ2) is 417. The van der Waals surface area contributed by atoms with Crippen LogP contribution in [0.3, 0.4) is 0 Å². The van der Waals surface area contributed by atoms with Crippen LogP contribution in [-0.4, -0.2) is 43.8 Å². The molecule has 0 aromatic rings. The van der Waals surface area contributed by atoms with Crippen molar-refractivity contribution in [2.45, 2.75) is 0 Å². The van der Waals surface area contributed by atoms with Gasteiger partial charge in [-0.2, -0.15) is 0 Å². The molecule has 0 saturated heterocycles. The van der Waals surface area contributed by atoms with E-state index in [4.69, 9.17) is 0 Å². The van der Waals surface area contributed by atoms with Gasteiger partial charge in [-0.15, -0.1) is 0 Å². The van der Waals surface area contributed by atoms with Crippen LogP contribution in [0.15, 0.2) is 0 Å². The molecule has 0 rings (SSSR count). The molecule has 0 saturated carbocycles. The second-order valence-electron chi connectivity index (χ2n) is 0. The van der Waals surface area contributed by atoms with E-state index in [0.29, 0.717) is 0 Å². The molecule has 0 atom stereocenters. The average molecular weight is 675 g/mol. The zero-order valence-electron chi connectivity index (χ0n) is 7.00. The third-order valence-electron chi connectivity index (χ3n) is 0. The maximum Gasteiger partial charge on any atom is 0 e. The molecule has 0 unspecified atom stereocenters. The van der Waals surface area contributed by atoms with Crippen LogP contribution in [0.1, 0.15) is 0 Å². The minimum atomic E-state index is 0. The first-order chi connectivity index (χ1) is 0. The van der Waals surface area contributed by atoms with Gasteiger partial charge in [0.1, 0.15) is 0 Å². The van der Waals surface area contributed by atoms with E-state index < -0.39 is 0 Å². The molecule has 0 bridgehead atoms. The van der Waals surface area contributed by atoms with Gasteiger partial charge >= 0.3 is 0 Å². The Hall–Kier alpha value is 4.24. The van der Waals surface area contributed by atoms with Gasteiger partial charge < -0.3 is 43.8 Å². The van der Waals surface area contributed by atoms with Gasteiger partial charge in [0.25, 0.3) is 0 Å². The molecule has 8 nitrogen and oxygen atoms in total. The summed E-state index contributed by atoms with van der Waals surface area (Å²) in [5.41, 5.74) is 0. The van der Waals surface area contributed by atoms with Gasteiger partial charge in [-0.25, -0.2) is 0 Å². The van der Waals surface area contributed by atoms with Crippen molar-refractivity contribution in [1.82, 2.24) is 0 Å². The molecule has 0 aliphatic heterocycles. The van der Waals surface area contributed by atoms with Crippen LogP contribution >= 0.6 is 0 Å². The van der Waals surface area contributed by atoms with Crippen LogP contribution in [0.2, 0.25) is 0 Å². The zero-order chi connectivity index (χ0) is 0. The molecule has 0 fully saturated rings. The van der Waals surface area contributed by atoms with Crippen molar-refractivity contribution in [3.05, 3.63) is 0 Å². The molecule has 0 spiro atoms. The van der Waals surface area contributed by atoms with Crippen molar-refractivity contribution in [1.29, 1.82) is 0 Å². The van der Waals surface area contributed by atoms with E-state index >= 15 is 0 Å². The van der Waals surface area contributed by atoms with Crippen molar-refractivity contribution in [2.75, 3.05) is 0 Å². The summed E-state index contributed by atoms with van der Waals surface area (Å²) < 4.78 is 0. The summed E-state index contributed by atoms with van der Waals surface area (Å²) in [6.07, 6.45) is 0. The summed E-state index contributed by atoms with van der Waals surface area (Å²) in [5, 5.41) is 0. The van der Waals surface area contributed by atoms with Gasteiger partial charge in [0, 0.05) is 151 Å². The number of hydrogen-bond acceptors (Lipinski definition) is 0. The summed E-state index contributed by atoms with van der Waals surface area (Å²) >= 11 is 0. The van der Waals surface area contributed by atoms with Gasteiger partial charge in [0.15, 0.2) is 0 Å². The Morgan fingerprint density at radius 1 is 0.118 bits per heavy atom. The Labute approximate surface area is 192 Å². The number of rotatable bonds is 0. The Morgan fingerprint density at radius 2 is 0.118 bits per heavy atom. The van der Waals surface area contributed by atoms with E-state index in [1.807, 2.05) is 0 Å². The molecular weight excluding hydrogens is 658 g/mol. The van der Waals surface area contributed by atoms with Crippen LogP contribution in [-0.2, 0) is 151 Å². The fourth-order valence-corrected chi connectivity index (χ4v) is 0. The van der Waals surface area contributed by atoms with Crippen LogP contribution in [0.5, 0.6) is 0 Å². The maximum atomic E-state index is 0. The molecule has 9 radical (unpaired) electrons. The first-order valence-corrected chi connectivity index (χ1v) is 0. The molecule has 0 aromatic heterocycles. The molecule has 0 heterocycles. The topological polar surface area (TPSA) is 252 Å². The average Bonchev–Trinajstić information content (AvgIpc) is 0. The van der Waals surface area contributed by atoms with E-state index in [1.165, 1.54) is 0 Å². The van der Waals surface area contributed by atoms with Crippen molar-refractivity contribution in [3.63, 3.8) is 0 Å². The van der Waals surface area contributed by atoms with E-state index in [-0.39, 0.29) is 195 Å². The minimum absolute atomic E-state index is 0. The zero-order valence-corrected chi connectivity index (χ0v) is 16.4. The Balaban J connectivity index is 0. The Kier molecular flexibility index (Phi) is 11900. The summed E-state index contributed by atoms with van der Waals surface area (Å²) in [6, 6.07) is 0. The minimum Gasteiger partial charge on any atom is -0.412 e. The first-order valence-electron chi connectivity index (χ1n) is 0. The van der Waals surface area contributed by atoms with Crippen molar-refractivity contribution < 1.29 is 195 Å². The summed E-state index contributed by atoms with van der Waals surface area (Å²) in [7, 11) is 0. The monoisotopic (exact) mass is 674 g/mol. The molecule has 16 N–H and O–H groups in total. The van der Waals surface area contributed by atoms with Crippen molar-refractivity contribution in [2.24, 2.45) is 0 Å². The van der Waals surface area contributed by atoms with Gasteiger partial charge in [-0.3, -0.25) is 0 Å². The van der Waals surface area contributed by atoms with Crippen molar-refractivity contribution >= 4 is 0 Å². The predicted molar refractivity (Wildman–Crippen MR) is 28.9 cm³/mol. The fraction of sp³-hybridized carbons (Fsp3) is 0. The van der Waals surface area contributed by atoms with Gasteiger partial charge in [-0.05, 0) is 0 Å². The number of hydrogen-bond donors (Lipinski definition) is 0. The summed E-state index contributed by atoms with van der Waals surface area (Å²) in [6.45, 7) is 0. The predicted octanol–water partition coefficient (Wildman–Crippen LogP) is -6.62. The van der Waals surface area contributed by atoms with Gasteiger partial charge in [0.2, 0.25) is 0 Å². The van der Waals surface area contributed by atoms with E-state index in [0.717, 1.165) is 0 Å². The molecule has 0 aliphatic rings. The third-order valence-corrected chi connectivity index (χ3v) is 0. The Bertz CT molecular complexity index is 17.0. The quantitative estimate of drug-likeness (QED) is 0.232. The third kappa shape index (κ3) is 375. The molecule has 0 aromatic carbocycles. The molecule has 145 valence electrons. The standard InChI is InChI=1S/9Co.8H2O/h;;;;;;;;;8*1H2. The summed E-state index contributed by atoms with van der Waals surface area (Å²) in [4.78, 5) is 0. The van der Waals surface area contributed by atoms with Crippen LogP contribution in [0.25, 0.3) is 0 Å². The maximum absolute atomic E-state index is 0. The fourth-order valence-electron chi connectivity index (χ4n) is 0. The molecule has 17 heteroatoms. The van der Waals surface area contributed by atoms with Gasteiger partial charge in [-0.1, -0.05) is 0 Å². The first kappa shape index (κ1) is 484. The van der Waals surface area contributed by atoms with Crippen molar-refractivity contribution in [3.8, 4) is 0 Å². The summed E-state index contributed by atoms with van der Waals surface area (Å²) in [5.74, 6) is 0. The molecule has 0 aliphatic carbocycles. The largest absolute Gasteiger partial charge is 0.412 e. The SMILES string of the molecule is O.O.O.O.O.O.O.O.[Co].[Co].[Co].[Co].[Co].[Co].[Co].[Co].[Co]. The normalized spacial score (nSPS) is 0.